The van der Waals surface area contributed by atoms with Gasteiger partial charge in [-0.3, -0.25) is 4.79 Å². The third kappa shape index (κ3) is 3.24. The molecule has 1 aromatic carbocycles. The normalized spacial score (nSPS) is 21.0. The van der Waals surface area contributed by atoms with E-state index in [0.29, 0.717) is 23.7 Å². The molecule has 0 unspecified atom stereocenters. The van der Waals surface area contributed by atoms with Crippen molar-refractivity contribution in [1.82, 2.24) is 4.31 Å². The number of para-hydroxylation sites is 1. The minimum absolute atomic E-state index is 0.0437. The lowest BCUT2D eigenvalue weighted by molar-refractivity contribution is -0.123. The molecule has 4 rings (SSSR count). The van der Waals surface area contributed by atoms with Crippen molar-refractivity contribution >= 4 is 48.9 Å². The molecule has 1 aromatic heterocycles. The summed E-state index contributed by atoms with van der Waals surface area (Å²) in [6, 6.07) is 11.3. The summed E-state index contributed by atoms with van der Waals surface area (Å²) in [6.45, 7) is 1.41. The van der Waals surface area contributed by atoms with Crippen molar-refractivity contribution in [2.75, 3.05) is 24.5 Å². The van der Waals surface area contributed by atoms with E-state index in [4.69, 9.17) is 0 Å². The summed E-state index contributed by atoms with van der Waals surface area (Å²) in [7, 11) is -3.54. The Morgan fingerprint density at radius 3 is 2.73 bits per heavy atom. The molecule has 0 N–H and O–H groups in total. The lowest BCUT2D eigenvalue weighted by Gasteiger charge is -2.33. The average molecular weight is 455 g/mol. The maximum Gasteiger partial charge on any atom is 0.252 e. The van der Waals surface area contributed by atoms with Gasteiger partial charge in [0.2, 0.25) is 5.91 Å². The highest BCUT2D eigenvalue weighted by Crippen LogP contribution is 2.33. The van der Waals surface area contributed by atoms with Gasteiger partial charge in [0.05, 0.1) is 9.70 Å². The van der Waals surface area contributed by atoms with Gasteiger partial charge in [-0.1, -0.05) is 18.2 Å². The number of rotatable bonds is 3. The molecule has 8 heteroatoms. The van der Waals surface area contributed by atoms with Crippen molar-refractivity contribution in [2.24, 2.45) is 5.92 Å². The number of carbonyl (C=O) groups excluding carboxylic acids is 1. The fourth-order valence-electron chi connectivity index (χ4n) is 3.71. The van der Waals surface area contributed by atoms with Crippen LogP contribution in [0.3, 0.4) is 0 Å². The Morgan fingerprint density at radius 2 is 1.96 bits per heavy atom. The molecule has 2 aliphatic heterocycles. The Morgan fingerprint density at radius 1 is 1.15 bits per heavy atom. The van der Waals surface area contributed by atoms with Gasteiger partial charge in [0, 0.05) is 25.3 Å². The van der Waals surface area contributed by atoms with Crippen molar-refractivity contribution in [3.05, 3.63) is 45.7 Å². The lowest BCUT2D eigenvalue weighted by Crippen LogP contribution is -2.46. The molecule has 26 heavy (non-hydrogen) atoms. The second kappa shape index (κ2) is 7.07. The van der Waals surface area contributed by atoms with E-state index in [-0.39, 0.29) is 18.4 Å². The smallest absolute Gasteiger partial charge is 0.252 e. The van der Waals surface area contributed by atoms with E-state index < -0.39 is 10.0 Å². The fourth-order valence-corrected chi connectivity index (χ4v) is 7.40. The summed E-state index contributed by atoms with van der Waals surface area (Å²) in [4.78, 5) is 14.9. The molecule has 2 aromatic rings. The van der Waals surface area contributed by atoms with Crippen molar-refractivity contribution in [3.8, 4) is 0 Å². The van der Waals surface area contributed by atoms with E-state index in [1.54, 1.807) is 12.1 Å². The standard InChI is InChI=1S/C18H19BrN2O3S2/c19-16-7-8-17(25-16)26(23,24)20-10-3-5-14(12-20)18(22)21-11-9-13-4-1-2-6-15(13)21/h1-2,4,6-8,14H,3,5,9-12H2/t14-/m1/s1. The van der Waals surface area contributed by atoms with Crippen LogP contribution in [0.4, 0.5) is 5.69 Å². The Balaban J connectivity index is 1.53. The van der Waals surface area contributed by atoms with E-state index in [1.165, 1.54) is 21.2 Å². The van der Waals surface area contributed by atoms with Gasteiger partial charge in [-0.05, 0) is 59.0 Å². The van der Waals surface area contributed by atoms with Crippen LogP contribution in [0.2, 0.25) is 0 Å². The monoisotopic (exact) mass is 454 g/mol. The van der Waals surface area contributed by atoms with Gasteiger partial charge in [-0.2, -0.15) is 4.31 Å². The van der Waals surface area contributed by atoms with Gasteiger partial charge in [-0.15, -0.1) is 11.3 Å². The molecule has 0 spiro atoms. The number of piperidine rings is 1. The molecule has 3 heterocycles. The molecule has 2 aliphatic rings. The highest BCUT2D eigenvalue weighted by atomic mass is 79.9. The highest BCUT2D eigenvalue weighted by molar-refractivity contribution is 9.11. The van der Waals surface area contributed by atoms with Crippen molar-refractivity contribution < 1.29 is 13.2 Å². The Hall–Kier alpha value is -1.22. The first kappa shape index (κ1) is 18.2. The second-order valence-corrected chi connectivity index (χ2v) is 11.3. The molecule has 0 saturated carbocycles. The number of benzene rings is 1. The summed E-state index contributed by atoms with van der Waals surface area (Å²) >= 11 is 4.52. The predicted molar refractivity (Wildman–Crippen MR) is 106 cm³/mol. The van der Waals surface area contributed by atoms with Crippen LogP contribution in [0.15, 0.2) is 44.4 Å². The summed E-state index contributed by atoms with van der Waals surface area (Å²) in [5.74, 6) is -0.240. The summed E-state index contributed by atoms with van der Waals surface area (Å²) in [5, 5.41) is 0. The molecule has 0 aliphatic carbocycles. The van der Waals surface area contributed by atoms with Crippen LogP contribution in [-0.4, -0.2) is 38.3 Å². The summed E-state index contributed by atoms with van der Waals surface area (Å²) in [6.07, 6.45) is 2.30. The van der Waals surface area contributed by atoms with Gasteiger partial charge in [0.25, 0.3) is 10.0 Å². The Bertz CT molecular complexity index is 941. The quantitative estimate of drug-likeness (QED) is 0.712. The zero-order valence-electron chi connectivity index (χ0n) is 14.1. The topological polar surface area (TPSA) is 57.7 Å². The van der Waals surface area contributed by atoms with Crippen LogP contribution in [0, 0.1) is 5.92 Å². The minimum Gasteiger partial charge on any atom is -0.312 e. The number of hydrogen-bond acceptors (Lipinski definition) is 4. The largest absolute Gasteiger partial charge is 0.312 e. The van der Waals surface area contributed by atoms with Crippen molar-refractivity contribution in [3.63, 3.8) is 0 Å². The zero-order chi connectivity index (χ0) is 18.3. The number of halogens is 1. The number of amides is 1. The van der Waals surface area contributed by atoms with Crippen LogP contribution in [0.1, 0.15) is 18.4 Å². The van der Waals surface area contributed by atoms with Crippen LogP contribution < -0.4 is 4.90 Å². The number of sulfonamides is 1. The van der Waals surface area contributed by atoms with Gasteiger partial charge in [-0.25, -0.2) is 8.42 Å². The van der Waals surface area contributed by atoms with Gasteiger partial charge in [0.15, 0.2) is 0 Å². The molecule has 1 atom stereocenters. The number of fused-ring (bicyclic) bond motifs is 1. The highest BCUT2D eigenvalue weighted by Gasteiger charge is 2.37. The average Bonchev–Trinajstić information content (AvgIpc) is 3.28. The molecular weight excluding hydrogens is 436 g/mol. The molecule has 0 bridgehead atoms. The van der Waals surface area contributed by atoms with E-state index in [9.17, 15) is 13.2 Å². The summed E-state index contributed by atoms with van der Waals surface area (Å²) in [5.41, 5.74) is 2.16. The molecule has 138 valence electrons. The molecule has 1 saturated heterocycles. The maximum atomic E-state index is 13.1. The first-order valence-corrected chi connectivity index (χ1v) is 11.7. The van der Waals surface area contributed by atoms with E-state index in [1.807, 2.05) is 23.1 Å². The van der Waals surface area contributed by atoms with E-state index in [0.717, 1.165) is 22.3 Å². The molecule has 0 radical (unpaired) electrons. The predicted octanol–water partition coefficient (Wildman–Crippen LogP) is 3.50. The van der Waals surface area contributed by atoms with Gasteiger partial charge >= 0.3 is 0 Å². The third-order valence-corrected chi connectivity index (χ3v) is 8.99. The van der Waals surface area contributed by atoms with Gasteiger partial charge < -0.3 is 4.90 Å². The second-order valence-electron chi connectivity index (χ2n) is 6.63. The molecule has 5 nitrogen and oxygen atoms in total. The van der Waals surface area contributed by atoms with Crippen LogP contribution in [0.5, 0.6) is 0 Å². The van der Waals surface area contributed by atoms with Crippen LogP contribution in [0.25, 0.3) is 0 Å². The van der Waals surface area contributed by atoms with E-state index in [2.05, 4.69) is 22.0 Å². The SMILES string of the molecule is O=C([C@@H]1CCCN(S(=O)(=O)c2ccc(Br)s2)C1)N1CCc2ccccc21. The van der Waals surface area contributed by atoms with Crippen molar-refractivity contribution in [1.29, 1.82) is 0 Å². The minimum atomic E-state index is -3.54. The molecular formula is C18H19BrN2O3S2. The Kier molecular flexibility index (Phi) is 4.94. The van der Waals surface area contributed by atoms with E-state index >= 15 is 0 Å². The van der Waals surface area contributed by atoms with Crippen LogP contribution in [-0.2, 0) is 21.2 Å². The third-order valence-electron chi connectivity index (χ3n) is 5.03. The maximum absolute atomic E-state index is 13.1. The number of hydrogen-bond donors (Lipinski definition) is 0. The molecule has 1 fully saturated rings. The van der Waals surface area contributed by atoms with Crippen molar-refractivity contribution in [2.45, 2.75) is 23.5 Å². The molecule has 1 amide bonds. The number of carbonyl (C=O) groups is 1. The van der Waals surface area contributed by atoms with Crippen LogP contribution >= 0.6 is 27.3 Å². The Labute approximate surface area is 165 Å². The fraction of sp³-hybridized carbons (Fsp3) is 0.389. The van der Waals surface area contributed by atoms with Gasteiger partial charge in [0.1, 0.15) is 4.21 Å². The first-order chi connectivity index (χ1) is 12.5. The lowest BCUT2D eigenvalue weighted by atomic mass is 9.98. The number of nitrogens with zero attached hydrogens (tertiary/aromatic N) is 2. The zero-order valence-corrected chi connectivity index (χ0v) is 17.3. The number of thiophene rings is 1. The first-order valence-electron chi connectivity index (χ1n) is 8.61. The summed E-state index contributed by atoms with van der Waals surface area (Å²) < 4.78 is 28.3. The number of anilines is 1.